The van der Waals surface area contributed by atoms with Crippen molar-refractivity contribution in [2.75, 3.05) is 12.4 Å². The van der Waals surface area contributed by atoms with E-state index in [9.17, 15) is 14.0 Å². The Morgan fingerprint density at radius 1 is 1.07 bits per heavy atom. The van der Waals surface area contributed by atoms with Crippen LogP contribution in [0.1, 0.15) is 21.5 Å². The number of amides is 1. The number of methoxy groups -OCH3 is 1. The molecule has 2 aromatic carbocycles. The maximum atomic E-state index is 13.1. The molecule has 0 fully saturated rings. The van der Waals surface area contributed by atoms with Gasteiger partial charge in [-0.3, -0.25) is 14.2 Å². The number of rotatable bonds is 5. The number of carbonyl (C=O) groups excluding carboxylic acids is 1. The number of hydrogen-bond donors (Lipinski definition) is 1. The second-order valence-corrected chi connectivity index (χ2v) is 6.11. The van der Waals surface area contributed by atoms with Gasteiger partial charge in [0.05, 0.1) is 6.61 Å². The molecule has 1 heterocycles. The summed E-state index contributed by atoms with van der Waals surface area (Å²) in [6.45, 7) is 2.18. The number of nitrogens with zero attached hydrogens (tertiary/aromatic N) is 1. The fraction of sp³-hybridized carbons (Fsp3) is 0.143. The molecule has 0 unspecified atom stereocenters. The van der Waals surface area contributed by atoms with Crippen molar-refractivity contribution < 1.29 is 13.9 Å². The average molecular weight is 366 g/mol. The lowest BCUT2D eigenvalue weighted by molar-refractivity contribution is 0.102. The molecule has 1 N–H and O–H groups in total. The fourth-order valence-corrected chi connectivity index (χ4v) is 2.75. The maximum absolute atomic E-state index is 13.1. The third kappa shape index (κ3) is 4.12. The van der Waals surface area contributed by atoms with Crippen LogP contribution in [0.25, 0.3) is 5.69 Å². The molecule has 27 heavy (non-hydrogen) atoms. The molecule has 0 saturated carbocycles. The molecule has 0 aliphatic carbocycles. The molecule has 3 aromatic rings. The molecule has 1 aromatic heterocycles. The first-order valence-electron chi connectivity index (χ1n) is 8.37. The van der Waals surface area contributed by atoms with Crippen LogP contribution in [0.3, 0.4) is 0 Å². The van der Waals surface area contributed by atoms with Crippen LogP contribution in [-0.2, 0) is 11.3 Å². The SMILES string of the molecule is COCc1ccc(NC(=O)c2c(C)ccn(-c3ccc(F)cc3)c2=O)cc1. The molecule has 0 aliphatic heterocycles. The number of carbonyl (C=O) groups is 1. The molecule has 0 aliphatic rings. The fourth-order valence-electron chi connectivity index (χ4n) is 2.75. The summed E-state index contributed by atoms with van der Waals surface area (Å²) in [6, 6.07) is 14.4. The number of aromatic nitrogens is 1. The summed E-state index contributed by atoms with van der Waals surface area (Å²) in [6.07, 6.45) is 1.57. The second-order valence-electron chi connectivity index (χ2n) is 6.11. The normalized spacial score (nSPS) is 10.6. The number of benzene rings is 2. The van der Waals surface area contributed by atoms with Gasteiger partial charge >= 0.3 is 0 Å². The minimum absolute atomic E-state index is 0.0443. The molecule has 138 valence electrons. The quantitative estimate of drug-likeness (QED) is 0.749. The van der Waals surface area contributed by atoms with E-state index in [1.165, 1.54) is 28.8 Å². The topological polar surface area (TPSA) is 60.3 Å². The van der Waals surface area contributed by atoms with Gasteiger partial charge in [-0.05, 0) is 60.5 Å². The highest BCUT2D eigenvalue weighted by atomic mass is 19.1. The van der Waals surface area contributed by atoms with E-state index in [-0.39, 0.29) is 5.56 Å². The smallest absolute Gasteiger partial charge is 0.268 e. The Morgan fingerprint density at radius 2 is 1.74 bits per heavy atom. The summed E-state index contributed by atoms with van der Waals surface area (Å²) < 4.78 is 19.5. The zero-order valence-corrected chi connectivity index (χ0v) is 15.0. The summed E-state index contributed by atoms with van der Waals surface area (Å²) in [5.41, 5.74) is 2.19. The molecular weight excluding hydrogens is 347 g/mol. The van der Waals surface area contributed by atoms with E-state index in [0.717, 1.165) is 5.56 Å². The molecule has 3 rings (SSSR count). The minimum Gasteiger partial charge on any atom is -0.380 e. The summed E-state index contributed by atoms with van der Waals surface area (Å²) in [7, 11) is 1.61. The monoisotopic (exact) mass is 366 g/mol. The van der Waals surface area contributed by atoms with Crippen LogP contribution in [0, 0.1) is 12.7 Å². The summed E-state index contributed by atoms with van der Waals surface area (Å²) >= 11 is 0. The van der Waals surface area contributed by atoms with E-state index < -0.39 is 17.3 Å². The van der Waals surface area contributed by atoms with Gasteiger partial charge in [0.25, 0.3) is 11.5 Å². The predicted octanol–water partition coefficient (Wildman–Crippen LogP) is 3.68. The third-order valence-electron chi connectivity index (χ3n) is 4.16. The molecular formula is C21H19FN2O3. The van der Waals surface area contributed by atoms with Gasteiger partial charge in [-0.25, -0.2) is 4.39 Å². The van der Waals surface area contributed by atoms with Crippen molar-refractivity contribution in [2.45, 2.75) is 13.5 Å². The molecule has 0 atom stereocenters. The summed E-state index contributed by atoms with van der Waals surface area (Å²) in [4.78, 5) is 25.5. The van der Waals surface area contributed by atoms with E-state index in [1.807, 2.05) is 12.1 Å². The molecule has 0 radical (unpaired) electrons. The van der Waals surface area contributed by atoms with E-state index in [2.05, 4.69) is 5.32 Å². The van der Waals surface area contributed by atoms with Crippen LogP contribution >= 0.6 is 0 Å². The first-order valence-corrected chi connectivity index (χ1v) is 8.37. The van der Waals surface area contributed by atoms with Crippen molar-refractivity contribution in [2.24, 2.45) is 0 Å². The Morgan fingerprint density at radius 3 is 2.37 bits per heavy atom. The average Bonchev–Trinajstić information content (AvgIpc) is 2.65. The highest BCUT2D eigenvalue weighted by Crippen LogP contribution is 2.14. The number of nitrogens with one attached hydrogen (secondary N) is 1. The number of halogens is 1. The van der Waals surface area contributed by atoms with Crippen molar-refractivity contribution >= 4 is 11.6 Å². The Kier molecular flexibility index (Phi) is 5.47. The number of anilines is 1. The largest absolute Gasteiger partial charge is 0.380 e. The highest BCUT2D eigenvalue weighted by molar-refractivity contribution is 6.05. The minimum atomic E-state index is -0.492. The standard InChI is InChI=1S/C21H19FN2O3/c1-14-11-12-24(18-9-5-16(22)6-10-18)21(26)19(14)20(25)23-17-7-3-15(4-8-17)13-27-2/h3-12H,13H2,1-2H3,(H,23,25). The van der Waals surface area contributed by atoms with Crippen LogP contribution in [0.4, 0.5) is 10.1 Å². The Balaban J connectivity index is 1.91. The van der Waals surface area contributed by atoms with Gasteiger partial charge in [-0.1, -0.05) is 12.1 Å². The number of pyridine rings is 1. The predicted molar refractivity (Wildman–Crippen MR) is 102 cm³/mol. The van der Waals surface area contributed by atoms with Crippen LogP contribution in [0.5, 0.6) is 0 Å². The molecule has 6 heteroatoms. The number of ether oxygens (including phenoxy) is 1. The highest BCUT2D eigenvalue weighted by Gasteiger charge is 2.16. The van der Waals surface area contributed by atoms with Crippen molar-refractivity contribution in [1.82, 2.24) is 4.57 Å². The van der Waals surface area contributed by atoms with Crippen LogP contribution in [0.15, 0.2) is 65.6 Å². The van der Waals surface area contributed by atoms with Crippen LogP contribution in [-0.4, -0.2) is 17.6 Å². The Labute approximate surface area is 156 Å². The van der Waals surface area contributed by atoms with E-state index >= 15 is 0 Å². The lowest BCUT2D eigenvalue weighted by Gasteiger charge is -2.11. The van der Waals surface area contributed by atoms with Crippen molar-refractivity contribution in [3.63, 3.8) is 0 Å². The maximum Gasteiger partial charge on any atom is 0.268 e. The first-order chi connectivity index (χ1) is 13.0. The molecule has 5 nitrogen and oxygen atoms in total. The van der Waals surface area contributed by atoms with Gasteiger partial charge in [0.15, 0.2) is 0 Å². The van der Waals surface area contributed by atoms with Crippen LogP contribution in [0.2, 0.25) is 0 Å². The van der Waals surface area contributed by atoms with Gasteiger partial charge in [-0.15, -0.1) is 0 Å². The lowest BCUT2D eigenvalue weighted by atomic mass is 10.1. The zero-order chi connectivity index (χ0) is 19.4. The zero-order valence-electron chi connectivity index (χ0n) is 15.0. The molecule has 0 saturated heterocycles. The Hall–Kier alpha value is -3.25. The van der Waals surface area contributed by atoms with Gasteiger partial charge in [-0.2, -0.15) is 0 Å². The lowest BCUT2D eigenvalue weighted by Crippen LogP contribution is -2.29. The summed E-state index contributed by atoms with van der Waals surface area (Å²) in [5.74, 6) is -0.887. The van der Waals surface area contributed by atoms with E-state index in [4.69, 9.17) is 4.74 Å². The third-order valence-corrected chi connectivity index (χ3v) is 4.16. The van der Waals surface area contributed by atoms with Gasteiger partial charge < -0.3 is 10.1 Å². The van der Waals surface area contributed by atoms with Crippen molar-refractivity contribution in [3.8, 4) is 5.69 Å². The number of hydrogen-bond acceptors (Lipinski definition) is 3. The van der Waals surface area contributed by atoms with Gasteiger partial charge in [0, 0.05) is 24.7 Å². The molecule has 0 bridgehead atoms. The van der Waals surface area contributed by atoms with E-state index in [1.54, 1.807) is 38.4 Å². The van der Waals surface area contributed by atoms with Gasteiger partial charge in [0.1, 0.15) is 11.4 Å². The van der Waals surface area contributed by atoms with Gasteiger partial charge in [0.2, 0.25) is 0 Å². The Bertz CT molecular complexity index is 1010. The van der Waals surface area contributed by atoms with Crippen molar-refractivity contribution in [3.05, 3.63) is 93.7 Å². The number of aryl methyl sites for hydroxylation is 1. The molecule has 1 amide bonds. The van der Waals surface area contributed by atoms with Crippen LogP contribution < -0.4 is 10.9 Å². The first kappa shape index (κ1) is 18.5. The summed E-state index contributed by atoms with van der Waals surface area (Å²) in [5, 5.41) is 2.74. The second kappa shape index (κ2) is 7.97. The van der Waals surface area contributed by atoms with Crippen molar-refractivity contribution in [1.29, 1.82) is 0 Å². The van der Waals surface area contributed by atoms with E-state index in [0.29, 0.717) is 23.5 Å². The molecule has 0 spiro atoms.